The van der Waals surface area contributed by atoms with Gasteiger partial charge in [-0.15, -0.1) is 0 Å². The first-order valence-corrected chi connectivity index (χ1v) is 9.94. The van der Waals surface area contributed by atoms with Crippen molar-refractivity contribution in [1.29, 1.82) is 0 Å². The molecule has 0 bridgehead atoms. The zero-order valence-corrected chi connectivity index (χ0v) is 17.2. The number of amides is 4. The van der Waals surface area contributed by atoms with Crippen LogP contribution in [0.1, 0.15) is 36.1 Å². The lowest BCUT2D eigenvalue weighted by Crippen LogP contribution is -2.42. The van der Waals surface area contributed by atoms with Crippen LogP contribution in [0.3, 0.4) is 0 Å². The number of aryl methyl sites for hydroxylation is 1. The van der Waals surface area contributed by atoms with Crippen LogP contribution >= 0.6 is 0 Å². The van der Waals surface area contributed by atoms with E-state index >= 15 is 0 Å². The molecule has 6 heteroatoms. The smallest absolute Gasteiger partial charge is 0.319 e. The Morgan fingerprint density at radius 3 is 2.45 bits per heavy atom. The lowest BCUT2D eigenvalue weighted by Gasteiger charge is -2.22. The molecule has 1 aliphatic carbocycles. The predicted molar refractivity (Wildman–Crippen MR) is 116 cm³/mol. The quantitative estimate of drug-likeness (QED) is 0.637. The van der Waals surface area contributed by atoms with Gasteiger partial charge in [0.15, 0.2) is 0 Å². The average molecular weight is 393 g/mol. The van der Waals surface area contributed by atoms with E-state index in [9.17, 15) is 9.59 Å². The molecule has 1 spiro atoms. The van der Waals surface area contributed by atoms with Gasteiger partial charge in [0.2, 0.25) is 0 Å². The van der Waals surface area contributed by atoms with E-state index in [0.29, 0.717) is 25.1 Å². The fourth-order valence-electron chi connectivity index (χ4n) is 3.70. The van der Waals surface area contributed by atoms with Gasteiger partial charge in [0.05, 0.1) is 5.54 Å². The largest absolute Gasteiger partial charge is 0.334 e. The maximum Gasteiger partial charge on any atom is 0.319 e. The van der Waals surface area contributed by atoms with Crippen molar-refractivity contribution in [3.8, 4) is 0 Å². The zero-order valence-electron chi connectivity index (χ0n) is 17.2. The summed E-state index contributed by atoms with van der Waals surface area (Å²) < 4.78 is 0. The highest BCUT2D eigenvalue weighted by atomic mass is 16.2. The maximum absolute atomic E-state index is 12.2. The number of nitrogens with one attached hydrogen (secondary N) is 4. The SMILES string of the molecule is C=C1NC(=O)NC12Cc1ccc(NC(=O)NCc3ccc(C)cc3)cc1C2.CC. The fraction of sp³-hybridized carbons (Fsp3) is 0.304. The van der Waals surface area contributed by atoms with Crippen LogP contribution in [0.2, 0.25) is 0 Å². The van der Waals surface area contributed by atoms with Crippen LogP contribution < -0.4 is 21.3 Å². The molecule has 6 nitrogen and oxygen atoms in total. The fourth-order valence-corrected chi connectivity index (χ4v) is 3.70. The molecule has 2 aromatic rings. The van der Waals surface area contributed by atoms with Gasteiger partial charge in [-0.25, -0.2) is 9.59 Å². The molecule has 4 rings (SSSR count). The van der Waals surface area contributed by atoms with Crippen molar-refractivity contribution in [2.75, 3.05) is 5.32 Å². The van der Waals surface area contributed by atoms with E-state index in [2.05, 4.69) is 27.8 Å². The molecule has 1 atom stereocenters. The Labute approximate surface area is 171 Å². The molecule has 0 radical (unpaired) electrons. The van der Waals surface area contributed by atoms with E-state index < -0.39 is 5.54 Å². The molecule has 1 unspecified atom stereocenters. The van der Waals surface area contributed by atoms with Gasteiger partial charge >= 0.3 is 12.1 Å². The van der Waals surface area contributed by atoms with Crippen LogP contribution in [0.25, 0.3) is 0 Å². The van der Waals surface area contributed by atoms with Crippen molar-refractivity contribution in [2.24, 2.45) is 0 Å². The van der Waals surface area contributed by atoms with Gasteiger partial charge in [-0.3, -0.25) is 0 Å². The zero-order chi connectivity index (χ0) is 21.0. The number of carbonyl (C=O) groups is 2. The Morgan fingerprint density at radius 1 is 1.10 bits per heavy atom. The van der Waals surface area contributed by atoms with Gasteiger partial charge < -0.3 is 21.3 Å². The van der Waals surface area contributed by atoms with Gasteiger partial charge in [-0.2, -0.15) is 0 Å². The van der Waals surface area contributed by atoms with Gasteiger partial charge in [-0.1, -0.05) is 56.3 Å². The van der Waals surface area contributed by atoms with Crippen molar-refractivity contribution < 1.29 is 9.59 Å². The molecule has 2 aliphatic rings. The van der Waals surface area contributed by atoms with E-state index in [1.165, 1.54) is 5.56 Å². The summed E-state index contributed by atoms with van der Waals surface area (Å²) in [7, 11) is 0. The molecule has 0 saturated carbocycles. The van der Waals surface area contributed by atoms with Crippen LogP contribution in [0.5, 0.6) is 0 Å². The van der Waals surface area contributed by atoms with Gasteiger partial charge in [0, 0.05) is 30.8 Å². The van der Waals surface area contributed by atoms with E-state index in [4.69, 9.17) is 0 Å². The van der Waals surface area contributed by atoms with E-state index in [0.717, 1.165) is 22.4 Å². The molecule has 1 heterocycles. The Bertz CT molecular complexity index is 936. The van der Waals surface area contributed by atoms with Crippen molar-refractivity contribution in [3.63, 3.8) is 0 Å². The highest BCUT2D eigenvalue weighted by Crippen LogP contribution is 2.37. The lowest BCUT2D eigenvalue weighted by molar-refractivity contribution is 0.244. The Hall–Kier alpha value is -3.28. The number of hydrogen-bond donors (Lipinski definition) is 4. The molecule has 4 amide bonds. The monoisotopic (exact) mass is 392 g/mol. The molecule has 1 saturated heterocycles. The second-order valence-corrected chi connectivity index (χ2v) is 7.27. The number of benzene rings is 2. The summed E-state index contributed by atoms with van der Waals surface area (Å²) in [6.07, 6.45) is 1.38. The van der Waals surface area contributed by atoms with Crippen LogP contribution in [0.15, 0.2) is 54.7 Å². The second kappa shape index (κ2) is 8.39. The molecule has 1 fully saturated rings. The highest BCUT2D eigenvalue weighted by Gasteiger charge is 2.45. The summed E-state index contributed by atoms with van der Waals surface area (Å²) in [5.41, 5.74) is 5.49. The normalized spacial score (nSPS) is 19.0. The summed E-state index contributed by atoms with van der Waals surface area (Å²) in [6, 6.07) is 13.4. The minimum Gasteiger partial charge on any atom is -0.334 e. The molecule has 29 heavy (non-hydrogen) atoms. The number of carbonyl (C=O) groups excluding carboxylic acids is 2. The van der Waals surface area contributed by atoms with Crippen molar-refractivity contribution in [1.82, 2.24) is 16.0 Å². The summed E-state index contributed by atoms with van der Waals surface area (Å²) in [5.74, 6) is 0. The van der Waals surface area contributed by atoms with E-state index in [1.54, 1.807) is 0 Å². The third-order valence-electron chi connectivity index (χ3n) is 5.22. The van der Waals surface area contributed by atoms with Gasteiger partial charge in [0.25, 0.3) is 0 Å². The summed E-state index contributed by atoms with van der Waals surface area (Å²) in [5, 5.41) is 11.5. The minimum absolute atomic E-state index is 0.207. The second-order valence-electron chi connectivity index (χ2n) is 7.27. The molecule has 4 N–H and O–H groups in total. The van der Waals surface area contributed by atoms with Crippen molar-refractivity contribution in [3.05, 3.63) is 77.0 Å². The molecule has 152 valence electrons. The third-order valence-corrected chi connectivity index (χ3v) is 5.22. The van der Waals surface area contributed by atoms with E-state index in [1.807, 2.05) is 63.2 Å². The number of rotatable bonds is 3. The Morgan fingerprint density at radius 2 is 1.79 bits per heavy atom. The standard InChI is InChI=1S/C21H22N4O2.C2H6/c1-13-3-5-15(6-4-13)12-22-19(26)24-18-8-7-16-10-21(11-17(16)9-18)14(2)23-20(27)25-21;1-2/h3-9H,2,10-12H2,1H3,(H2,22,24,26)(H2,23,25,27);1-2H3. The summed E-state index contributed by atoms with van der Waals surface area (Å²) in [6.45, 7) is 10.5. The van der Waals surface area contributed by atoms with Gasteiger partial charge in [-0.05, 0) is 35.7 Å². The Balaban J connectivity index is 0.00000117. The van der Waals surface area contributed by atoms with Crippen molar-refractivity contribution >= 4 is 17.7 Å². The first-order valence-electron chi connectivity index (χ1n) is 9.94. The highest BCUT2D eigenvalue weighted by molar-refractivity contribution is 5.89. The Kier molecular flexibility index (Phi) is 5.92. The molecule has 0 aromatic heterocycles. The first kappa shape index (κ1) is 20.5. The molecule has 2 aromatic carbocycles. The van der Waals surface area contributed by atoms with Crippen LogP contribution in [0, 0.1) is 6.92 Å². The maximum atomic E-state index is 12.2. The summed E-state index contributed by atoms with van der Waals surface area (Å²) >= 11 is 0. The topological polar surface area (TPSA) is 82.3 Å². The lowest BCUT2D eigenvalue weighted by atomic mass is 9.94. The molecule has 1 aliphatic heterocycles. The van der Waals surface area contributed by atoms with E-state index in [-0.39, 0.29) is 12.1 Å². The van der Waals surface area contributed by atoms with Gasteiger partial charge in [0.1, 0.15) is 0 Å². The predicted octanol–water partition coefficient (Wildman–Crippen LogP) is 4.01. The minimum atomic E-state index is -0.453. The van der Waals surface area contributed by atoms with Crippen molar-refractivity contribution in [2.45, 2.75) is 45.7 Å². The van der Waals surface area contributed by atoms with Crippen LogP contribution in [-0.4, -0.2) is 17.6 Å². The third kappa shape index (κ3) is 4.42. The molecular weight excluding hydrogens is 364 g/mol. The number of anilines is 1. The molecular formula is C23H28N4O2. The van der Waals surface area contributed by atoms with Crippen LogP contribution in [-0.2, 0) is 19.4 Å². The number of fused-ring (bicyclic) bond motifs is 1. The summed E-state index contributed by atoms with van der Waals surface area (Å²) in [4.78, 5) is 23.8. The average Bonchev–Trinajstić information content (AvgIpc) is 3.20. The number of urea groups is 2. The number of hydrogen-bond acceptors (Lipinski definition) is 2. The van der Waals surface area contributed by atoms with Crippen LogP contribution in [0.4, 0.5) is 15.3 Å². The first-order chi connectivity index (χ1) is 13.9.